The monoisotopic (exact) mass is 205 g/mol. The standard InChI is InChI=1S/C7H11NO4S/c1-5(9)8-6-4-13(10,11)12-7(6,2)3/h4H,1-3H3,(H,8,9). The van der Waals surface area contributed by atoms with Gasteiger partial charge < -0.3 is 5.32 Å². The lowest BCUT2D eigenvalue weighted by molar-refractivity contribution is -0.118. The molecule has 1 aliphatic heterocycles. The molecule has 0 unspecified atom stereocenters. The summed E-state index contributed by atoms with van der Waals surface area (Å²) in [6.07, 6.45) is 0. The van der Waals surface area contributed by atoms with Crippen LogP contribution in [0.5, 0.6) is 0 Å². The van der Waals surface area contributed by atoms with E-state index in [2.05, 4.69) is 5.32 Å². The normalized spacial score (nSPS) is 23.8. The molecule has 0 atom stereocenters. The summed E-state index contributed by atoms with van der Waals surface area (Å²) in [4.78, 5) is 10.7. The molecule has 0 aromatic carbocycles. The van der Waals surface area contributed by atoms with E-state index in [0.717, 1.165) is 5.41 Å². The first kappa shape index (κ1) is 10.2. The molecule has 6 heteroatoms. The van der Waals surface area contributed by atoms with Crippen LogP contribution in [0, 0.1) is 0 Å². The molecule has 0 aromatic rings. The van der Waals surface area contributed by atoms with Gasteiger partial charge in [-0.3, -0.25) is 8.98 Å². The van der Waals surface area contributed by atoms with Crippen molar-refractivity contribution in [2.45, 2.75) is 26.4 Å². The molecule has 5 nitrogen and oxygen atoms in total. The zero-order chi connectivity index (χ0) is 10.3. The van der Waals surface area contributed by atoms with Crippen molar-refractivity contribution >= 4 is 16.0 Å². The zero-order valence-corrected chi connectivity index (χ0v) is 8.44. The van der Waals surface area contributed by atoms with Crippen molar-refractivity contribution in [3.05, 3.63) is 11.1 Å². The summed E-state index contributed by atoms with van der Waals surface area (Å²) in [5.41, 5.74) is -0.718. The molecule has 0 bridgehead atoms. The van der Waals surface area contributed by atoms with Crippen molar-refractivity contribution in [2.24, 2.45) is 0 Å². The highest BCUT2D eigenvalue weighted by molar-refractivity contribution is 7.90. The number of amides is 1. The van der Waals surface area contributed by atoms with E-state index in [4.69, 9.17) is 4.18 Å². The highest BCUT2D eigenvalue weighted by Crippen LogP contribution is 2.29. The molecule has 1 heterocycles. The van der Waals surface area contributed by atoms with Gasteiger partial charge in [-0.05, 0) is 13.8 Å². The highest BCUT2D eigenvalue weighted by atomic mass is 32.2. The molecule has 13 heavy (non-hydrogen) atoms. The van der Waals surface area contributed by atoms with Crippen LogP contribution < -0.4 is 5.32 Å². The van der Waals surface area contributed by atoms with Gasteiger partial charge in [-0.1, -0.05) is 0 Å². The van der Waals surface area contributed by atoms with E-state index in [9.17, 15) is 13.2 Å². The zero-order valence-electron chi connectivity index (χ0n) is 7.62. The second-order valence-corrected chi connectivity index (χ2v) is 4.69. The van der Waals surface area contributed by atoms with Crippen molar-refractivity contribution in [1.82, 2.24) is 5.32 Å². The minimum atomic E-state index is -3.63. The minimum absolute atomic E-state index is 0.264. The maximum Gasteiger partial charge on any atom is 0.292 e. The molecule has 0 saturated heterocycles. The van der Waals surface area contributed by atoms with Gasteiger partial charge in [0.05, 0.1) is 11.1 Å². The smallest absolute Gasteiger partial charge is 0.292 e. The number of carbonyl (C=O) groups is 1. The van der Waals surface area contributed by atoms with Crippen molar-refractivity contribution in [2.75, 3.05) is 0 Å². The quantitative estimate of drug-likeness (QED) is 0.616. The molecule has 0 aliphatic carbocycles. The summed E-state index contributed by atoms with van der Waals surface area (Å²) in [5, 5.41) is 3.33. The Morgan fingerprint density at radius 2 is 2.08 bits per heavy atom. The second-order valence-electron chi connectivity index (χ2n) is 3.30. The van der Waals surface area contributed by atoms with Gasteiger partial charge in [-0.2, -0.15) is 8.42 Å². The van der Waals surface area contributed by atoms with Crippen LogP contribution in [-0.4, -0.2) is 19.9 Å². The Balaban J connectivity index is 3.01. The molecule has 1 aliphatic rings. The van der Waals surface area contributed by atoms with E-state index in [1.54, 1.807) is 13.8 Å². The van der Waals surface area contributed by atoms with E-state index in [-0.39, 0.29) is 11.6 Å². The van der Waals surface area contributed by atoms with Crippen LogP contribution in [0.3, 0.4) is 0 Å². The summed E-state index contributed by atoms with van der Waals surface area (Å²) < 4.78 is 26.7. The predicted octanol–water partition coefficient (Wildman–Crippen LogP) is 0.103. The molecule has 0 spiro atoms. The van der Waals surface area contributed by atoms with Gasteiger partial charge in [0.15, 0.2) is 0 Å². The number of hydrogen-bond donors (Lipinski definition) is 1. The van der Waals surface area contributed by atoms with E-state index < -0.39 is 15.7 Å². The number of hydrogen-bond acceptors (Lipinski definition) is 4. The molecule has 0 aromatic heterocycles. The molecule has 0 radical (unpaired) electrons. The topological polar surface area (TPSA) is 72.5 Å². The lowest BCUT2D eigenvalue weighted by atomic mass is 10.1. The fourth-order valence-corrected chi connectivity index (χ4v) is 2.37. The molecule has 0 fully saturated rings. The Morgan fingerprint density at radius 3 is 2.38 bits per heavy atom. The van der Waals surface area contributed by atoms with Crippen LogP contribution in [-0.2, 0) is 19.1 Å². The maximum absolute atomic E-state index is 11.0. The summed E-state index contributed by atoms with van der Waals surface area (Å²) in [7, 11) is -3.63. The van der Waals surface area contributed by atoms with Crippen LogP contribution in [0.4, 0.5) is 0 Å². The summed E-state index contributed by atoms with van der Waals surface area (Å²) in [6.45, 7) is 4.44. The van der Waals surface area contributed by atoms with E-state index in [1.165, 1.54) is 6.92 Å². The molecule has 1 rings (SSSR count). The Morgan fingerprint density at radius 1 is 1.54 bits per heavy atom. The number of nitrogens with one attached hydrogen (secondary N) is 1. The lowest BCUT2D eigenvalue weighted by Crippen LogP contribution is -2.33. The summed E-state index contributed by atoms with van der Waals surface area (Å²) in [6, 6.07) is 0. The highest BCUT2D eigenvalue weighted by Gasteiger charge is 2.38. The van der Waals surface area contributed by atoms with Crippen molar-refractivity contribution < 1.29 is 17.4 Å². The molecule has 0 saturated carbocycles. The van der Waals surface area contributed by atoms with Gasteiger partial charge in [-0.15, -0.1) is 0 Å². The Bertz CT molecular complexity index is 366. The van der Waals surface area contributed by atoms with Crippen molar-refractivity contribution in [1.29, 1.82) is 0 Å². The third-order valence-electron chi connectivity index (χ3n) is 1.55. The first-order chi connectivity index (χ1) is 5.73. The van der Waals surface area contributed by atoms with Crippen LogP contribution >= 0.6 is 0 Å². The molecule has 1 amide bonds. The van der Waals surface area contributed by atoms with E-state index in [1.807, 2.05) is 0 Å². The second kappa shape index (κ2) is 2.81. The van der Waals surface area contributed by atoms with Crippen molar-refractivity contribution in [3.63, 3.8) is 0 Å². The molecular formula is C7H11NO4S. The van der Waals surface area contributed by atoms with Crippen LogP contribution in [0.15, 0.2) is 11.1 Å². The van der Waals surface area contributed by atoms with Gasteiger partial charge in [0.1, 0.15) is 5.60 Å². The Labute approximate surface area is 76.9 Å². The lowest BCUT2D eigenvalue weighted by Gasteiger charge is -2.19. The predicted molar refractivity (Wildman–Crippen MR) is 46.0 cm³/mol. The first-order valence-corrected chi connectivity index (χ1v) is 5.15. The summed E-state index contributed by atoms with van der Waals surface area (Å²) in [5.74, 6) is -0.319. The maximum atomic E-state index is 11.0. The fraction of sp³-hybridized carbons (Fsp3) is 0.571. The third kappa shape index (κ3) is 2.28. The Hall–Kier alpha value is -0.880. The SMILES string of the molecule is CC(=O)NC1=CS(=O)(=O)OC1(C)C. The Kier molecular flexibility index (Phi) is 2.21. The average Bonchev–Trinajstić information content (AvgIpc) is 1.98. The van der Waals surface area contributed by atoms with Crippen LogP contribution in [0.25, 0.3) is 0 Å². The van der Waals surface area contributed by atoms with Gasteiger partial charge >= 0.3 is 0 Å². The van der Waals surface area contributed by atoms with Crippen LogP contribution in [0.2, 0.25) is 0 Å². The molecule has 1 N–H and O–H groups in total. The minimum Gasteiger partial charge on any atom is -0.327 e. The average molecular weight is 205 g/mol. The van der Waals surface area contributed by atoms with Gasteiger partial charge in [-0.25, -0.2) is 0 Å². The van der Waals surface area contributed by atoms with Gasteiger partial charge in [0.25, 0.3) is 10.1 Å². The molecular weight excluding hydrogens is 194 g/mol. The first-order valence-electron chi connectivity index (χ1n) is 3.68. The van der Waals surface area contributed by atoms with Crippen LogP contribution in [0.1, 0.15) is 20.8 Å². The van der Waals surface area contributed by atoms with Crippen molar-refractivity contribution in [3.8, 4) is 0 Å². The summed E-state index contributed by atoms with van der Waals surface area (Å²) >= 11 is 0. The molecule has 74 valence electrons. The van der Waals surface area contributed by atoms with Gasteiger partial charge in [0.2, 0.25) is 5.91 Å². The third-order valence-corrected chi connectivity index (χ3v) is 2.72. The fourth-order valence-electron chi connectivity index (χ4n) is 1.02. The van der Waals surface area contributed by atoms with E-state index in [0.29, 0.717) is 0 Å². The number of carbonyl (C=O) groups excluding carboxylic acids is 1. The number of rotatable bonds is 1. The van der Waals surface area contributed by atoms with Gasteiger partial charge in [0, 0.05) is 6.92 Å². The van der Waals surface area contributed by atoms with E-state index >= 15 is 0 Å². The largest absolute Gasteiger partial charge is 0.327 e.